The third-order valence-electron chi connectivity index (χ3n) is 3.01. The predicted molar refractivity (Wildman–Crippen MR) is 89.3 cm³/mol. The number of nitrogens with zero attached hydrogens (tertiary/aromatic N) is 7. The minimum atomic E-state index is 0.599. The third kappa shape index (κ3) is 2.58. The largest absolute Gasteiger partial charge is 0.315 e. The summed E-state index contributed by atoms with van der Waals surface area (Å²) in [5.41, 5.74) is 2.63. The van der Waals surface area contributed by atoms with Crippen LogP contribution in [-0.4, -0.2) is 43.1 Å². The maximum absolute atomic E-state index is 4.44. The second kappa shape index (κ2) is 5.98. The number of nitrogens with one attached hydrogen (secondary N) is 1. The molecule has 3 rings (SSSR count). The summed E-state index contributed by atoms with van der Waals surface area (Å²) < 4.78 is 7.45. The molecule has 0 saturated heterocycles. The van der Waals surface area contributed by atoms with Gasteiger partial charge < -0.3 is 5.32 Å². The van der Waals surface area contributed by atoms with Crippen molar-refractivity contribution < 1.29 is 0 Å². The van der Waals surface area contributed by atoms with E-state index in [1.54, 1.807) is 30.3 Å². The van der Waals surface area contributed by atoms with Crippen molar-refractivity contribution in [3.63, 3.8) is 0 Å². The fraction of sp³-hybridized carbons (Fsp3) is 0.154. The maximum Gasteiger partial charge on any atom is 0.184 e. The highest BCUT2D eigenvalue weighted by atomic mass is 32.2. The molecule has 0 aliphatic carbocycles. The molecule has 0 saturated carbocycles. The van der Waals surface area contributed by atoms with Crippen LogP contribution in [0, 0.1) is 0 Å². The predicted octanol–water partition coefficient (Wildman–Crippen LogP) is 1.88. The van der Waals surface area contributed by atoms with Crippen molar-refractivity contribution in [3.8, 4) is 11.3 Å². The molecule has 0 spiro atoms. The van der Waals surface area contributed by atoms with E-state index in [9.17, 15) is 0 Å². The molecule has 0 fully saturated rings. The van der Waals surface area contributed by atoms with Crippen LogP contribution in [0.2, 0.25) is 0 Å². The number of fused-ring (bicyclic) bond motifs is 1. The number of amidine groups is 1. The van der Waals surface area contributed by atoms with Crippen molar-refractivity contribution >= 4 is 35.3 Å². The van der Waals surface area contributed by atoms with E-state index in [-0.39, 0.29) is 0 Å². The Morgan fingerprint density at radius 1 is 1.36 bits per heavy atom. The average Bonchev–Trinajstić information content (AvgIpc) is 3.13. The van der Waals surface area contributed by atoms with Crippen LogP contribution in [0.5, 0.6) is 0 Å². The van der Waals surface area contributed by atoms with Crippen molar-refractivity contribution in [2.45, 2.75) is 0 Å². The Morgan fingerprint density at radius 3 is 2.91 bits per heavy atom. The van der Waals surface area contributed by atoms with Gasteiger partial charge in [-0.25, -0.2) is 14.4 Å². The smallest absolute Gasteiger partial charge is 0.184 e. The Bertz CT molecular complexity index is 847. The zero-order valence-corrected chi connectivity index (χ0v) is 12.9. The molecule has 3 aromatic rings. The standard InChI is InChI=1S/C13H14N8S/c1-14-13(22-15-2)19-11-12-17-7-10(21(12)5-4-16-11)9-6-18-20(3)8-9/h4-8H,2H2,1,3H3,(H,14,16,19). The SMILES string of the molecule is C=NS/C(=N\C)Nc1nccn2c(-c3cnn(C)c3)cnc12. The van der Waals surface area contributed by atoms with Gasteiger partial charge in [0.15, 0.2) is 16.6 Å². The molecule has 9 heteroatoms. The van der Waals surface area contributed by atoms with E-state index < -0.39 is 0 Å². The highest BCUT2D eigenvalue weighted by Gasteiger charge is 2.12. The van der Waals surface area contributed by atoms with E-state index in [0.717, 1.165) is 23.2 Å². The summed E-state index contributed by atoms with van der Waals surface area (Å²) in [6.07, 6.45) is 9.09. The van der Waals surface area contributed by atoms with Crippen LogP contribution in [0.3, 0.4) is 0 Å². The van der Waals surface area contributed by atoms with Crippen LogP contribution in [0.25, 0.3) is 16.9 Å². The maximum atomic E-state index is 4.44. The fourth-order valence-corrected chi connectivity index (χ4v) is 2.40. The number of aromatic nitrogens is 5. The highest BCUT2D eigenvalue weighted by molar-refractivity contribution is 8.13. The van der Waals surface area contributed by atoms with Gasteiger partial charge in [0, 0.05) is 50.2 Å². The van der Waals surface area contributed by atoms with Crippen LogP contribution in [0.1, 0.15) is 0 Å². The van der Waals surface area contributed by atoms with Crippen molar-refractivity contribution in [1.29, 1.82) is 0 Å². The molecule has 0 unspecified atom stereocenters. The first kappa shape index (κ1) is 14.3. The van der Waals surface area contributed by atoms with Gasteiger partial charge in [-0.3, -0.25) is 14.1 Å². The molecule has 3 heterocycles. The molecule has 112 valence electrons. The molecule has 3 aromatic heterocycles. The molecule has 0 radical (unpaired) electrons. The van der Waals surface area contributed by atoms with Crippen LogP contribution in [0.4, 0.5) is 5.82 Å². The zero-order chi connectivity index (χ0) is 15.5. The summed E-state index contributed by atoms with van der Waals surface area (Å²) in [4.78, 5) is 12.9. The Balaban J connectivity index is 2.04. The van der Waals surface area contributed by atoms with E-state index in [4.69, 9.17) is 0 Å². The van der Waals surface area contributed by atoms with E-state index in [1.165, 1.54) is 0 Å². The lowest BCUT2D eigenvalue weighted by Gasteiger charge is -2.07. The van der Waals surface area contributed by atoms with E-state index in [2.05, 4.69) is 36.5 Å². The molecule has 0 aliphatic rings. The first-order valence-corrected chi connectivity index (χ1v) is 7.18. The number of hydrogen-bond donors (Lipinski definition) is 1. The van der Waals surface area contributed by atoms with Gasteiger partial charge in [-0.1, -0.05) is 0 Å². The Hall–Kier alpha value is -2.68. The first-order valence-electron chi connectivity index (χ1n) is 6.41. The van der Waals surface area contributed by atoms with Gasteiger partial charge in [-0.05, 0) is 6.72 Å². The van der Waals surface area contributed by atoms with E-state index in [1.807, 2.05) is 23.8 Å². The van der Waals surface area contributed by atoms with Gasteiger partial charge in [-0.2, -0.15) is 5.10 Å². The van der Waals surface area contributed by atoms with Gasteiger partial charge in [0.25, 0.3) is 0 Å². The van der Waals surface area contributed by atoms with Crippen LogP contribution >= 0.6 is 11.9 Å². The normalized spacial score (nSPS) is 11.8. The van der Waals surface area contributed by atoms with Crippen molar-refractivity contribution in [3.05, 3.63) is 31.0 Å². The molecule has 0 aliphatic heterocycles. The molecular weight excluding hydrogens is 300 g/mol. The van der Waals surface area contributed by atoms with Gasteiger partial charge in [0.2, 0.25) is 0 Å². The van der Waals surface area contributed by atoms with Crippen LogP contribution in [-0.2, 0) is 7.05 Å². The Kier molecular flexibility index (Phi) is 3.88. The second-order valence-electron chi connectivity index (χ2n) is 4.39. The summed E-state index contributed by atoms with van der Waals surface area (Å²) in [7, 11) is 3.55. The van der Waals surface area contributed by atoms with E-state index >= 15 is 0 Å². The Labute approximate surface area is 131 Å². The number of rotatable bonds is 3. The monoisotopic (exact) mass is 314 g/mol. The lowest BCUT2D eigenvalue weighted by Crippen LogP contribution is -2.09. The summed E-state index contributed by atoms with van der Waals surface area (Å²) in [5.74, 6) is 0.606. The number of aryl methyl sites for hydroxylation is 1. The minimum absolute atomic E-state index is 0.599. The van der Waals surface area contributed by atoms with Crippen LogP contribution in [0.15, 0.2) is 40.4 Å². The summed E-state index contributed by atoms with van der Waals surface area (Å²) in [5, 5.41) is 7.90. The van der Waals surface area contributed by atoms with Gasteiger partial charge in [0.1, 0.15) is 0 Å². The molecule has 0 bridgehead atoms. The topological polar surface area (TPSA) is 84.8 Å². The highest BCUT2D eigenvalue weighted by Crippen LogP contribution is 2.23. The molecule has 0 atom stereocenters. The molecular formula is C13H14N8S. The minimum Gasteiger partial charge on any atom is -0.315 e. The lowest BCUT2D eigenvalue weighted by atomic mass is 10.3. The summed E-state index contributed by atoms with van der Waals surface area (Å²) in [6.45, 7) is 3.44. The fourth-order valence-electron chi connectivity index (χ4n) is 2.06. The second-order valence-corrected chi connectivity index (χ2v) is 5.22. The van der Waals surface area contributed by atoms with Gasteiger partial charge in [-0.15, -0.1) is 0 Å². The summed E-state index contributed by atoms with van der Waals surface area (Å²) in [6, 6.07) is 0. The average molecular weight is 314 g/mol. The summed E-state index contributed by atoms with van der Waals surface area (Å²) >= 11 is 1.15. The van der Waals surface area contributed by atoms with Crippen molar-refractivity contribution in [2.75, 3.05) is 12.4 Å². The van der Waals surface area contributed by atoms with Crippen molar-refractivity contribution in [1.82, 2.24) is 24.1 Å². The van der Waals surface area contributed by atoms with Crippen molar-refractivity contribution in [2.24, 2.45) is 16.4 Å². The van der Waals surface area contributed by atoms with E-state index in [0.29, 0.717) is 16.6 Å². The molecule has 1 N–H and O–H groups in total. The first-order chi connectivity index (χ1) is 10.7. The molecule has 22 heavy (non-hydrogen) atoms. The van der Waals surface area contributed by atoms with Gasteiger partial charge >= 0.3 is 0 Å². The number of anilines is 1. The van der Waals surface area contributed by atoms with Gasteiger partial charge in [0.05, 0.1) is 18.1 Å². The number of aliphatic imine (C=N–C) groups is 1. The molecule has 8 nitrogen and oxygen atoms in total. The lowest BCUT2D eigenvalue weighted by molar-refractivity contribution is 0.768. The number of imidazole rings is 1. The molecule has 0 aromatic carbocycles. The van der Waals surface area contributed by atoms with Crippen LogP contribution < -0.4 is 5.32 Å². The zero-order valence-electron chi connectivity index (χ0n) is 12.1. The quantitative estimate of drug-likeness (QED) is 0.453. The Morgan fingerprint density at radius 2 is 2.23 bits per heavy atom. The third-order valence-corrected chi connectivity index (χ3v) is 3.59. The number of hydrogen-bond acceptors (Lipinski definition) is 6. The molecule has 0 amide bonds.